The van der Waals surface area contributed by atoms with E-state index in [2.05, 4.69) is 38.9 Å². The Labute approximate surface area is 113 Å². The lowest BCUT2D eigenvalue weighted by molar-refractivity contribution is 0.472. The Hall–Kier alpha value is -1.68. The number of aromatic nitrogens is 3. The van der Waals surface area contributed by atoms with E-state index in [4.69, 9.17) is 0 Å². The van der Waals surface area contributed by atoms with Gasteiger partial charge in [-0.1, -0.05) is 6.92 Å². The Kier molecular flexibility index (Phi) is 3.34. The number of aryl methyl sites for hydroxylation is 2. The van der Waals surface area contributed by atoms with E-state index in [9.17, 15) is 0 Å². The first-order chi connectivity index (χ1) is 9.28. The van der Waals surface area contributed by atoms with Gasteiger partial charge in [-0.15, -0.1) is 0 Å². The van der Waals surface area contributed by atoms with E-state index in [1.807, 2.05) is 24.9 Å². The number of imidazole rings is 1. The lowest BCUT2D eigenvalue weighted by atomic mass is 9.86. The standard InChI is InChI=1S/C15H20N4/c1-15(5-8-17-11-15)14-10-18-12-19(14)9-4-13-2-6-16-7-3-13/h2-3,6-7,10,12,17H,4-5,8-9,11H2,1H3. The fourth-order valence-electron chi connectivity index (χ4n) is 2.84. The minimum atomic E-state index is 0.231. The summed E-state index contributed by atoms with van der Waals surface area (Å²) in [6, 6.07) is 4.16. The third-order valence-electron chi connectivity index (χ3n) is 4.09. The van der Waals surface area contributed by atoms with Crippen LogP contribution in [0.5, 0.6) is 0 Å². The van der Waals surface area contributed by atoms with Crippen molar-refractivity contribution in [3.63, 3.8) is 0 Å². The molecule has 0 radical (unpaired) electrons. The molecule has 1 aliphatic rings. The quantitative estimate of drug-likeness (QED) is 0.906. The maximum atomic E-state index is 4.35. The van der Waals surface area contributed by atoms with Gasteiger partial charge in [0.2, 0.25) is 0 Å². The highest BCUT2D eigenvalue weighted by Crippen LogP contribution is 2.29. The molecule has 1 saturated heterocycles. The predicted molar refractivity (Wildman–Crippen MR) is 75.0 cm³/mol. The fourth-order valence-corrected chi connectivity index (χ4v) is 2.84. The van der Waals surface area contributed by atoms with Crippen LogP contribution < -0.4 is 5.32 Å². The highest BCUT2D eigenvalue weighted by atomic mass is 15.1. The molecule has 2 aromatic heterocycles. The van der Waals surface area contributed by atoms with Gasteiger partial charge < -0.3 is 9.88 Å². The van der Waals surface area contributed by atoms with E-state index in [1.54, 1.807) is 0 Å². The number of rotatable bonds is 4. The van der Waals surface area contributed by atoms with Crippen molar-refractivity contribution in [2.45, 2.75) is 31.7 Å². The van der Waals surface area contributed by atoms with Crippen molar-refractivity contribution >= 4 is 0 Å². The van der Waals surface area contributed by atoms with E-state index in [0.29, 0.717) is 0 Å². The molecule has 100 valence electrons. The first-order valence-electron chi connectivity index (χ1n) is 6.88. The van der Waals surface area contributed by atoms with Crippen LogP contribution >= 0.6 is 0 Å². The molecule has 0 saturated carbocycles. The molecule has 1 fully saturated rings. The Bertz CT molecular complexity index is 526. The highest BCUT2D eigenvalue weighted by Gasteiger charge is 2.33. The molecule has 19 heavy (non-hydrogen) atoms. The van der Waals surface area contributed by atoms with Crippen molar-refractivity contribution in [3.8, 4) is 0 Å². The summed E-state index contributed by atoms with van der Waals surface area (Å²) in [5.41, 5.74) is 2.91. The normalized spacial score (nSPS) is 22.8. The van der Waals surface area contributed by atoms with Crippen LogP contribution in [0.1, 0.15) is 24.6 Å². The van der Waals surface area contributed by atoms with Crippen LogP contribution in [-0.2, 0) is 18.4 Å². The molecule has 0 aliphatic carbocycles. The van der Waals surface area contributed by atoms with Gasteiger partial charge in [-0.25, -0.2) is 4.98 Å². The van der Waals surface area contributed by atoms with Crippen LogP contribution in [0, 0.1) is 0 Å². The third kappa shape index (κ3) is 2.54. The molecule has 1 atom stereocenters. The van der Waals surface area contributed by atoms with E-state index >= 15 is 0 Å². The zero-order valence-electron chi connectivity index (χ0n) is 11.3. The molecule has 0 spiro atoms. The average molecular weight is 256 g/mol. The van der Waals surface area contributed by atoms with Gasteiger partial charge in [0.15, 0.2) is 0 Å². The van der Waals surface area contributed by atoms with Gasteiger partial charge in [0.1, 0.15) is 0 Å². The average Bonchev–Trinajstić information content (AvgIpc) is 3.07. The van der Waals surface area contributed by atoms with Gasteiger partial charge in [0.05, 0.1) is 6.33 Å². The number of nitrogens with one attached hydrogen (secondary N) is 1. The molecule has 1 N–H and O–H groups in total. The Morgan fingerprint density at radius 2 is 2.16 bits per heavy atom. The molecule has 1 aliphatic heterocycles. The molecule has 3 heterocycles. The third-order valence-corrected chi connectivity index (χ3v) is 4.09. The van der Waals surface area contributed by atoms with E-state index in [1.165, 1.54) is 17.7 Å². The maximum Gasteiger partial charge on any atom is 0.0948 e. The first kappa shape index (κ1) is 12.4. The Balaban J connectivity index is 1.74. The zero-order chi connectivity index (χ0) is 13.1. The van der Waals surface area contributed by atoms with Crippen LogP contribution in [0.3, 0.4) is 0 Å². The van der Waals surface area contributed by atoms with Gasteiger partial charge in [-0.2, -0.15) is 0 Å². The lowest BCUT2D eigenvalue weighted by Gasteiger charge is -2.24. The van der Waals surface area contributed by atoms with Gasteiger partial charge in [-0.05, 0) is 37.1 Å². The predicted octanol–water partition coefficient (Wildman–Crippen LogP) is 1.77. The van der Waals surface area contributed by atoms with Crippen molar-refractivity contribution in [3.05, 3.63) is 48.3 Å². The molecule has 0 amide bonds. The molecule has 1 unspecified atom stereocenters. The number of nitrogens with zero attached hydrogens (tertiary/aromatic N) is 3. The summed E-state index contributed by atoms with van der Waals surface area (Å²) in [6.45, 7) is 5.46. The fraction of sp³-hybridized carbons (Fsp3) is 0.467. The monoisotopic (exact) mass is 256 g/mol. The van der Waals surface area contributed by atoms with Gasteiger partial charge >= 0.3 is 0 Å². The second-order valence-electron chi connectivity index (χ2n) is 5.57. The minimum absolute atomic E-state index is 0.231. The first-order valence-corrected chi connectivity index (χ1v) is 6.88. The molecular weight excluding hydrogens is 236 g/mol. The number of hydrogen-bond donors (Lipinski definition) is 1. The molecule has 4 nitrogen and oxygen atoms in total. The lowest BCUT2D eigenvalue weighted by Crippen LogP contribution is -2.28. The van der Waals surface area contributed by atoms with E-state index < -0.39 is 0 Å². The van der Waals surface area contributed by atoms with Crippen molar-refractivity contribution in [1.82, 2.24) is 19.9 Å². The molecule has 0 bridgehead atoms. The zero-order valence-corrected chi connectivity index (χ0v) is 11.3. The van der Waals surface area contributed by atoms with Crippen molar-refractivity contribution in [1.29, 1.82) is 0 Å². The summed E-state index contributed by atoms with van der Waals surface area (Å²) < 4.78 is 2.30. The largest absolute Gasteiger partial charge is 0.334 e. The molecular formula is C15H20N4. The van der Waals surface area contributed by atoms with Gasteiger partial charge in [0.25, 0.3) is 0 Å². The molecule has 4 heteroatoms. The molecule has 0 aromatic carbocycles. The highest BCUT2D eigenvalue weighted by molar-refractivity contribution is 5.18. The SMILES string of the molecule is CC1(c2cncn2CCc2ccncc2)CCNC1. The van der Waals surface area contributed by atoms with Crippen molar-refractivity contribution < 1.29 is 0 Å². The number of pyridine rings is 1. The maximum absolute atomic E-state index is 4.35. The van der Waals surface area contributed by atoms with Crippen molar-refractivity contribution in [2.75, 3.05) is 13.1 Å². The summed E-state index contributed by atoms with van der Waals surface area (Å²) in [5, 5.41) is 3.45. The van der Waals surface area contributed by atoms with E-state index in [-0.39, 0.29) is 5.41 Å². The van der Waals surface area contributed by atoms with Crippen LogP contribution in [0.15, 0.2) is 37.1 Å². The van der Waals surface area contributed by atoms with E-state index in [0.717, 1.165) is 26.1 Å². The minimum Gasteiger partial charge on any atom is -0.334 e. The second kappa shape index (κ2) is 5.13. The Morgan fingerprint density at radius 3 is 2.89 bits per heavy atom. The van der Waals surface area contributed by atoms with Gasteiger partial charge in [0, 0.05) is 42.8 Å². The topological polar surface area (TPSA) is 42.7 Å². The van der Waals surface area contributed by atoms with Gasteiger partial charge in [-0.3, -0.25) is 4.98 Å². The van der Waals surface area contributed by atoms with Crippen LogP contribution in [0.4, 0.5) is 0 Å². The second-order valence-corrected chi connectivity index (χ2v) is 5.57. The van der Waals surface area contributed by atoms with Crippen LogP contribution in [0.2, 0.25) is 0 Å². The van der Waals surface area contributed by atoms with Crippen LogP contribution in [0.25, 0.3) is 0 Å². The summed E-state index contributed by atoms with van der Waals surface area (Å²) >= 11 is 0. The molecule has 2 aromatic rings. The summed E-state index contributed by atoms with van der Waals surface area (Å²) in [7, 11) is 0. The summed E-state index contributed by atoms with van der Waals surface area (Å²) in [5.74, 6) is 0. The Morgan fingerprint density at radius 1 is 1.32 bits per heavy atom. The molecule has 3 rings (SSSR count). The van der Waals surface area contributed by atoms with Crippen LogP contribution in [-0.4, -0.2) is 27.6 Å². The smallest absolute Gasteiger partial charge is 0.0948 e. The van der Waals surface area contributed by atoms with Crippen molar-refractivity contribution in [2.24, 2.45) is 0 Å². The summed E-state index contributed by atoms with van der Waals surface area (Å²) in [6.07, 6.45) is 9.90. The number of hydrogen-bond acceptors (Lipinski definition) is 3. The summed E-state index contributed by atoms with van der Waals surface area (Å²) in [4.78, 5) is 8.40.